The van der Waals surface area contributed by atoms with Crippen LogP contribution in [0.25, 0.3) is 0 Å². The van der Waals surface area contributed by atoms with E-state index in [1.165, 1.54) is 0 Å². The minimum atomic E-state index is -0.0864. The molecule has 0 aliphatic rings. The minimum Gasteiger partial charge on any atom is -0.324 e. The average molecular weight is 357 g/mol. The molecule has 1 heterocycles. The second kappa shape index (κ2) is 6.74. The molecule has 3 nitrogen and oxygen atoms in total. The van der Waals surface area contributed by atoms with Gasteiger partial charge in [0.05, 0.1) is 15.9 Å². The lowest BCUT2D eigenvalue weighted by atomic mass is 10.0. The monoisotopic (exact) mass is 355 g/mol. The molecule has 0 aliphatic heterocycles. The third kappa shape index (κ3) is 3.25. The molecular weight excluding hydrogens is 338 g/mol. The van der Waals surface area contributed by atoms with Crippen LogP contribution in [-0.4, -0.2) is 9.78 Å². The standard InChI is InChI=1S/C15H19BrClN3/c1-3-13-15(16)14(20(4-2)19-13)9-12(18)10-6-5-7-11(17)8-10/h5-8,12H,3-4,9,18H2,1-2H3. The van der Waals surface area contributed by atoms with Crippen molar-refractivity contribution in [2.24, 2.45) is 5.73 Å². The number of nitrogens with two attached hydrogens (primary N) is 1. The number of halogens is 2. The molecule has 0 saturated heterocycles. The number of aromatic nitrogens is 2. The van der Waals surface area contributed by atoms with Crippen molar-refractivity contribution < 1.29 is 0 Å². The minimum absolute atomic E-state index is 0.0864. The molecule has 1 atom stereocenters. The first-order valence-electron chi connectivity index (χ1n) is 6.81. The Bertz CT molecular complexity index is 595. The lowest BCUT2D eigenvalue weighted by Gasteiger charge is -2.14. The van der Waals surface area contributed by atoms with E-state index in [2.05, 4.69) is 34.9 Å². The van der Waals surface area contributed by atoms with Gasteiger partial charge in [0.15, 0.2) is 0 Å². The van der Waals surface area contributed by atoms with Gasteiger partial charge < -0.3 is 5.73 Å². The van der Waals surface area contributed by atoms with Gasteiger partial charge >= 0.3 is 0 Å². The Labute approximate surface area is 133 Å². The van der Waals surface area contributed by atoms with E-state index >= 15 is 0 Å². The van der Waals surface area contributed by atoms with E-state index in [1.54, 1.807) is 0 Å². The van der Waals surface area contributed by atoms with Crippen LogP contribution in [0.4, 0.5) is 0 Å². The molecule has 1 aromatic carbocycles. The number of rotatable bonds is 5. The normalized spacial score (nSPS) is 12.7. The molecule has 0 amide bonds. The number of hydrogen-bond donors (Lipinski definition) is 1. The third-order valence-corrected chi connectivity index (χ3v) is 4.53. The molecule has 0 saturated carbocycles. The summed E-state index contributed by atoms with van der Waals surface area (Å²) in [6.07, 6.45) is 1.65. The van der Waals surface area contributed by atoms with Gasteiger partial charge in [-0.2, -0.15) is 5.10 Å². The fourth-order valence-corrected chi connectivity index (χ4v) is 3.20. The van der Waals surface area contributed by atoms with Gasteiger partial charge in [-0.25, -0.2) is 0 Å². The summed E-state index contributed by atoms with van der Waals surface area (Å²) in [6, 6.07) is 7.64. The maximum absolute atomic E-state index is 6.32. The van der Waals surface area contributed by atoms with E-state index in [0.717, 1.165) is 45.8 Å². The molecule has 2 aromatic rings. The summed E-state index contributed by atoms with van der Waals surface area (Å²) in [5.74, 6) is 0. The van der Waals surface area contributed by atoms with Gasteiger partial charge in [-0.05, 0) is 47.0 Å². The maximum atomic E-state index is 6.32. The predicted octanol–water partition coefficient (Wildman–Crippen LogP) is 4.12. The van der Waals surface area contributed by atoms with Crippen LogP contribution in [0.3, 0.4) is 0 Å². The van der Waals surface area contributed by atoms with Crippen LogP contribution in [0.2, 0.25) is 5.02 Å². The third-order valence-electron chi connectivity index (χ3n) is 3.38. The maximum Gasteiger partial charge on any atom is 0.0766 e. The highest BCUT2D eigenvalue weighted by Gasteiger charge is 2.17. The van der Waals surface area contributed by atoms with Gasteiger partial charge in [-0.15, -0.1) is 0 Å². The van der Waals surface area contributed by atoms with Crippen molar-refractivity contribution in [1.82, 2.24) is 9.78 Å². The topological polar surface area (TPSA) is 43.8 Å². The molecule has 2 rings (SSSR count). The molecule has 20 heavy (non-hydrogen) atoms. The van der Waals surface area contributed by atoms with Crippen molar-refractivity contribution in [3.8, 4) is 0 Å². The molecule has 0 spiro atoms. The summed E-state index contributed by atoms with van der Waals surface area (Å²) in [4.78, 5) is 0. The quantitative estimate of drug-likeness (QED) is 0.875. The summed E-state index contributed by atoms with van der Waals surface area (Å²) < 4.78 is 3.10. The van der Waals surface area contributed by atoms with Crippen molar-refractivity contribution in [2.75, 3.05) is 0 Å². The van der Waals surface area contributed by atoms with E-state index < -0.39 is 0 Å². The van der Waals surface area contributed by atoms with Gasteiger partial charge in [0.1, 0.15) is 0 Å². The molecule has 0 aliphatic carbocycles. The summed E-state index contributed by atoms with van der Waals surface area (Å²) in [5.41, 5.74) is 9.60. The molecule has 0 bridgehead atoms. The zero-order valence-electron chi connectivity index (χ0n) is 11.7. The molecule has 108 valence electrons. The summed E-state index contributed by atoms with van der Waals surface area (Å²) >= 11 is 9.68. The van der Waals surface area contributed by atoms with Crippen LogP contribution < -0.4 is 5.73 Å². The Morgan fingerprint density at radius 1 is 1.40 bits per heavy atom. The largest absolute Gasteiger partial charge is 0.324 e. The van der Waals surface area contributed by atoms with Crippen LogP contribution in [0, 0.1) is 0 Å². The summed E-state index contributed by atoms with van der Waals surface area (Å²) in [5, 5.41) is 5.32. The molecule has 0 radical (unpaired) electrons. The van der Waals surface area contributed by atoms with Gasteiger partial charge in [-0.3, -0.25) is 4.68 Å². The van der Waals surface area contributed by atoms with E-state index in [0.29, 0.717) is 0 Å². The van der Waals surface area contributed by atoms with Crippen LogP contribution in [0.1, 0.15) is 36.8 Å². The number of aryl methyl sites for hydroxylation is 2. The highest BCUT2D eigenvalue weighted by molar-refractivity contribution is 9.10. The van der Waals surface area contributed by atoms with Crippen molar-refractivity contribution in [3.63, 3.8) is 0 Å². The lowest BCUT2D eigenvalue weighted by Crippen LogP contribution is -2.16. The van der Waals surface area contributed by atoms with Crippen LogP contribution in [0.5, 0.6) is 0 Å². The van der Waals surface area contributed by atoms with Gasteiger partial charge in [0.2, 0.25) is 0 Å². The fourth-order valence-electron chi connectivity index (χ4n) is 2.28. The molecule has 2 N–H and O–H groups in total. The zero-order valence-corrected chi connectivity index (χ0v) is 14.1. The fraction of sp³-hybridized carbons (Fsp3) is 0.400. The van der Waals surface area contributed by atoms with E-state index in [4.69, 9.17) is 17.3 Å². The van der Waals surface area contributed by atoms with E-state index in [9.17, 15) is 0 Å². The SMILES string of the molecule is CCc1nn(CC)c(CC(N)c2cccc(Cl)c2)c1Br. The molecule has 1 unspecified atom stereocenters. The van der Waals surface area contributed by atoms with E-state index in [1.807, 2.05) is 28.9 Å². The number of nitrogens with zero attached hydrogens (tertiary/aromatic N) is 2. The van der Waals surface area contributed by atoms with E-state index in [-0.39, 0.29) is 6.04 Å². The van der Waals surface area contributed by atoms with Crippen LogP contribution in [0.15, 0.2) is 28.7 Å². The second-order valence-electron chi connectivity index (χ2n) is 4.74. The summed E-state index contributed by atoms with van der Waals surface area (Å²) in [6.45, 7) is 5.04. The Morgan fingerprint density at radius 2 is 2.15 bits per heavy atom. The van der Waals surface area contributed by atoms with Crippen molar-refractivity contribution in [2.45, 2.75) is 39.3 Å². The number of hydrogen-bond acceptors (Lipinski definition) is 2. The van der Waals surface area contributed by atoms with Crippen molar-refractivity contribution in [3.05, 3.63) is 50.7 Å². The smallest absolute Gasteiger partial charge is 0.0766 e. The second-order valence-corrected chi connectivity index (χ2v) is 5.97. The van der Waals surface area contributed by atoms with Crippen LogP contribution >= 0.6 is 27.5 Å². The Hall–Kier alpha value is -0.840. The van der Waals surface area contributed by atoms with Crippen molar-refractivity contribution in [1.29, 1.82) is 0 Å². The first-order chi connectivity index (χ1) is 9.56. The Morgan fingerprint density at radius 3 is 2.75 bits per heavy atom. The first-order valence-corrected chi connectivity index (χ1v) is 7.99. The lowest BCUT2D eigenvalue weighted by molar-refractivity contribution is 0.584. The Balaban J connectivity index is 2.27. The van der Waals surface area contributed by atoms with Gasteiger partial charge in [0.25, 0.3) is 0 Å². The summed E-state index contributed by atoms with van der Waals surface area (Å²) in [7, 11) is 0. The molecular formula is C15H19BrClN3. The highest BCUT2D eigenvalue weighted by Crippen LogP contribution is 2.27. The predicted molar refractivity (Wildman–Crippen MR) is 87.1 cm³/mol. The highest BCUT2D eigenvalue weighted by atomic mass is 79.9. The van der Waals surface area contributed by atoms with Gasteiger partial charge in [-0.1, -0.05) is 30.7 Å². The Kier molecular flexibility index (Phi) is 5.24. The van der Waals surface area contributed by atoms with Crippen molar-refractivity contribution >= 4 is 27.5 Å². The molecule has 1 aromatic heterocycles. The number of benzene rings is 1. The molecule has 5 heteroatoms. The zero-order chi connectivity index (χ0) is 14.7. The van der Waals surface area contributed by atoms with Gasteiger partial charge in [0, 0.05) is 24.0 Å². The molecule has 0 fully saturated rings. The first kappa shape index (κ1) is 15.5. The average Bonchev–Trinajstić information content (AvgIpc) is 2.75. The van der Waals surface area contributed by atoms with Crippen LogP contribution in [-0.2, 0) is 19.4 Å².